The number of hydrogen-bond acceptors (Lipinski definition) is 4. The first-order valence-electron chi connectivity index (χ1n) is 6.51. The van der Waals surface area contributed by atoms with Crippen molar-refractivity contribution >= 4 is 5.95 Å². The van der Waals surface area contributed by atoms with E-state index in [4.69, 9.17) is 10.7 Å². The largest absolute Gasteiger partial charge is 0.356 e. The predicted molar refractivity (Wildman–Crippen MR) is 68.1 cm³/mol. The Kier molecular flexibility index (Phi) is 2.80. The zero-order chi connectivity index (χ0) is 11.8. The molecule has 1 aromatic rings. The van der Waals surface area contributed by atoms with Crippen LogP contribution in [0.4, 0.5) is 5.95 Å². The lowest BCUT2D eigenvalue weighted by Crippen LogP contribution is -2.20. The SMILES string of the molecule is CN1CCC(c2nc3n(c2CN)CCCN3)C1. The highest BCUT2D eigenvalue weighted by Gasteiger charge is 2.28. The Morgan fingerprint density at radius 2 is 2.35 bits per heavy atom. The predicted octanol–water partition coefficient (Wildman–Crippen LogP) is 0.577. The van der Waals surface area contributed by atoms with Gasteiger partial charge in [-0.1, -0.05) is 0 Å². The number of likely N-dealkylation sites (N-methyl/N-ethyl adjacent to an activating group) is 1. The fraction of sp³-hybridized carbons (Fsp3) is 0.750. The summed E-state index contributed by atoms with van der Waals surface area (Å²) in [6.45, 7) is 4.98. The summed E-state index contributed by atoms with van der Waals surface area (Å²) in [6.07, 6.45) is 2.38. The van der Waals surface area contributed by atoms with E-state index >= 15 is 0 Å². The molecule has 0 spiro atoms. The highest BCUT2D eigenvalue weighted by atomic mass is 15.2. The van der Waals surface area contributed by atoms with E-state index in [0.29, 0.717) is 12.5 Å². The van der Waals surface area contributed by atoms with E-state index in [-0.39, 0.29) is 0 Å². The van der Waals surface area contributed by atoms with Gasteiger partial charge in [-0.15, -0.1) is 0 Å². The van der Waals surface area contributed by atoms with Gasteiger partial charge in [0.15, 0.2) is 0 Å². The Bertz CT molecular complexity index is 411. The molecule has 0 aromatic carbocycles. The molecular weight excluding hydrogens is 214 g/mol. The number of nitrogens with zero attached hydrogens (tertiary/aromatic N) is 3. The highest BCUT2D eigenvalue weighted by molar-refractivity contribution is 5.37. The summed E-state index contributed by atoms with van der Waals surface area (Å²) >= 11 is 0. The maximum Gasteiger partial charge on any atom is 0.203 e. The van der Waals surface area contributed by atoms with Crippen molar-refractivity contribution < 1.29 is 0 Å². The van der Waals surface area contributed by atoms with Crippen molar-refractivity contribution in [2.24, 2.45) is 5.73 Å². The van der Waals surface area contributed by atoms with Gasteiger partial charge >= 0.3 is 0 Å². The average Bonchev–Trinajstić information content (AvgIpc) is 2.91. The third-order valence-corrected chi connectivity index (χ3v) is 3.92. The zero-order valence-electron chi connectivity index (χ0n) is 10.4. The Morgan fingerprint density at radius 3 is 3.06 bits per heavy atom. The minimum Gasteiger partial charge on any atom is -0.356 e. The molecule has 3 rings (SSSR count). The fourth-order valence-electron chi connectivity index (χ4n) is 3.02. The highest BCUT2D eigenvalue weighted by Crippen LogP contribution is 2.31. The van der Waals surface area contributed by atoms with Crippen LogP contribution in [0.15, 0.2) is 0 Å². The molecule has 1 atom stereocenters. The lowest BCUT2D eigenvalue weighted by atomic mass is 10.0. The number of fused-ring (bicyclic) bond motifs is 1. The molecule has 1 unspecified atom stereocenters. The molecule has 0 amide bonds. The standard InChI is InChI=1S/C12H21N5/c1-16-6-3-9(8-16)11-10(7-13)17-5-2-4-14-12(17)15-11/h9H,2-8,13H2,1H3,(H,14,15). The van der Waals surface area contributed by atoms with Gasteiger partial charge in [0.2, 0.25) is 5.95 Å². The van der Waals surface area contributed by atoms with Crippen LogP contribution in [-0.2, 0) is 13.1 Å². The van der Waals surface area contributed by atoms with E-state index in [1.807, 2.05) is 0 Å². The van der Waals surface area contributed by atoms with E-state index in [9.17, 15) is 0 Å². The number of imidazole rings is 1. The molecule has 1 aromatic heterocycles. The Morgan fingerprint density at radius 1 is 1.47 bits per heavy atom. The molecule has 0 radical (unpaired) electrons. The summed E-state index contributed by atoms with van der Waals surface area (Å²) in [5.41, 5.74) is 8.40. The molecule has 2 aliphatic rings. The first-order valence-corrected chi connectivity index (χ1v) is 6.51. The first kappa shape index (κ1) is 11.0. The van der Waals surface area contributed by atoms with E-state index in [2.05, 4.69) is 21.8 Å². The lowest BCUT2D eigenvalue weighted by Gasteiger charge is -2.17. The minimum absolute atomic E-state index is 0.568. The molecule has 17 heavy (non-hydrogen) atoms. The average molecular weight is 235 g/mol. The third-order valence-electron chi connectivity index (χ3n) is 3.92. The van der Waals surface area contributed by atoms with Gasteiger partial charge in [-0.25, -0.2) is 4.98 Å². The van der Waals surface area contributed by atoms with Gasteiger partial charge < -0.3 is 20.5 Å². The smallest absolute Gasteiger partial charge is 0.203 e. The summed E-state index contributed by atoms with van der Waals surface area (Å²) in [7, 11) is 2.18. The third kappa shape index (κ3) is 1.83. The fourth-order valence-corrected chi connectivity index (χ4v) is 3.02. The maximum absolute atomic E-state index is 5.92. The van der Waals surface area contributed by atoms with Crippen molar-refractivity contribution in [3.8, 4) is 0 Å². The Labute approximate surface area is 102 Å². The molecule has 0 aliphatic carbocycles. The maximum atomic E-state index is 5.92. The molecule has 2 aliphatic heterocycles. The van der Waals surface area contributed by atoms with Crippen molar-refractivity contribution in [1.82, 2.24) is 14.5 Å². The quantitative estimate of drug-likeness (QED) is 0.787. The molecule has 3 heterocycles. The second kappa shape index (κ2) is 4.31. The van der Waals surface area contributed by atoms with Crippen LogP contribution in [0.25, 0.3) is 0 Å². The molecule has 1 saturated heterocycles. The molecular formula is C12H21N5. The summed E-state index contributed by atoms with van der Waals surface area (Å²) in [4.78, 5) is 7.15. The van der Waals surface area contributed by atoms with Crippen molar-refractivity contribution in [3.05, 3.63) is 11.4 Å². The molecule has 1 fully saturated rings. The van der Waals surface area contributed by atoms with Crippen LogP contribution >= 0.6 is 0 Å². The number of aromatic nitrogens is 2. The van der Waals surface area contributed by atoms with Crippen LogP contribution in [0.5, 0.6) is 0 Å². The molecule has 5 nitrogen and oxygen atoms in total. The first-order chi connectivity index (χ1) is 8.29. The number of nitrogens with two attached hydrogens (primary N) is 1. The minimum atomic E-state index is 0.568. The number of likely N-dealkylation sites (tertiary alicyclic amines) is 1. The van der Waals surface area contributed by atoms with Gasteiger partial charge in [0.1, 0.15) is 0 Å². The van der Waals surface area contributed by atoms with Gasteiger partial charge in [-0.05, 0) is 26.4 Å². The van der Waals surface area contributed by atoms with Gasteiger partial charge in [0.25, 0.3) is 0 Å². The second-order valence-corrected chi connectivity index (χ2v) is 5.15. The van der Waals surface area contributed by atoms with Crippen LogP contribution in [0, 0.1) is 0 Å². The summed E-state index contributed by atoms with van der Waals surface area (Å²) in [5.74, 6) is 1.60. The summed E-state index contributed by atoms with van der Waals surface area (Å²) in [5, 5.41) is 3.38. The van der Waals surface area contributed by atoms with Gasteiger partial charge in [0.05, 0.1) is 11.4 Å². The van der Waals surface area contributed by atoms with Crippen molar-refractivity contribution in [1.29, 1.82) is 0 Å². The summed E-state index contributed by atoms with van der Waals surface area (Å²) < 4.78 is 2.27. The number of anilines is 1. The van der Waals surface area contributed by atoms with E-state index in [0.717, 1.165) is 25.6 Å². The Hall–Kier alpha value is -1.07. The topological polar surface area (TPSA) is 59.1 Å². The molecule has 0 bridgehead atoms. The van der Waals surface area contributed by atoms with Crippen molar-refractivity contribution in [3.63, 3.8) is 0 Å². The van der Waals surface area contributed by atoms with Crippen LogP contribution in [-0.4, -0.2) is 41.1 Å². The lowest BCUT2D eigenvalue weighted by molar-refractivity contribution is 0.410. The summed E-state index contributed by atoms with van der Waals surface area (Å²) in [6, 6.07) is 0. The molecule has 3 N–H and O–H groups in total. The van der Waals surface area contributed by atoms with E-state index < -0.39 is 0 Å². The van der Waals surface area contributed by atoms with Crippen molar-refractivity contribution in [2.75, 3.05) is 32.0 Å². The van der Waals surface area contributed by atoms with Crippen LogP contribution < -0.4 is 11.1 Å². The number of rotatable bonds is 2. The zero-order valence-corrected chi connectivity index (χ0v) is 10.4. The van der Waals surface area contributed by atoms with Gasteiger partial charge in [-0.3, -0.25) is 0 Å². The Balaban J connectivity index is 1.95. The number of nitrogens with one attached hydrogen (secondary N) is 1. The second-order valence-electron chi connectivity index (χ2n) is 5.15. The van der Waals surface area contributed by atoms with Crippen LogP contribution in [0.2, 0.25) is 0 Å². The van der Waals surface area contributed by atoms with Crippen LogP contribution in [0.3, 0.4) is 0 Å². The van der Waals surface area contributed by atoms with Gasteiger partial charge in [0, 0.05) is 32.1 Å². The normalized spacial score (nSPS) is 24.7. The van der Waals surface area contributed by atoms with Crippen LogP contribution in [0.1, 0.15) is 30.1 Å². The van der Waals surface area contributed by atoms with Gasteiger partial charge in [-0.2, -0.15) is 0 Å². The monoisotopic (exact) mass is 235 g/mol. The molecule has 94 valence electrons. The van der Waals surface area contributed by atoms with E-state index in [1.54, 1.807) is 0 Å². The number of hydrogen-bond donors (Lipinski definition) is 2. The molecule has 0 saturated carbocycles. The van der Waals surface area contributed by atoms with Crippen molar-refractivity contribution in [2.45, 2.75) is 31.8 Å². The molecule has 5 heteroatoms. The van der Waals surface area contributed by atoms with E-state index in [1.165, 1.54) is 30.8 Å².